The van der Waals surface area contributed by atoms with E-state index < -0.39 is 5.91 Å². The summed E-state index contributed by atoms with van der Waals surface area (Å²) in [6.45, 7) is 3.97. The highest BCUT2D eigenvalue weighted by atomic mass is 35.5. The molecule has 0 unspecified atom stereocenters. The van der Waals surface area contributed by atoms with Crippen LogP contribution in [-0.4, -0.2) is 73.5 Å². The number of rotatable bonds is 10. The molecular weight excluding hydrogens is 508 g/mol. The van der Waals surface area contributed by atoms with Crippen molar-refractivity contribution in [1.82, 2.24) is 14.8 Å². The Bertz CT molecular complexity index is 1290. The van der Waals surface area contributed by atoms with Crippen LogP contribution in [-0.2, 0) is 16.1 Å². The zero-order chi connectivity index (χ0) is 27.1. The zero-order valence-electron chi connectivity index (χ0n) is 21.5. The van der Waals surface area contributed by atoms with E-state index in [2.05, 4.69) is 16.9 Å². The van der Waals surface area contributed by atoms with Gasteiger partial charge in [0.25, 0.3) is 5.91 Å². The van der Waals surface area contributed by atoms with E-state index in [1.807, 2.05) is 29.2 Å². The fraction of sp³-hybridized carbons (Fsp3) is 0.321. The van der Waals surface area contributed by atoms with Crippen molar-refractivity contribution < 1.29 is 23.8 Å². The average molecular weight is 539 g/mol. The van der Waals surface area contributed by atoms with Crippen LogP contribution in [0, 0.1) is 0 Å². The highest BCUT2D eigenvalue weighted by molar-refractivity contribution is 6.31. The summed E-state index contributed by atoms with van der Waals surface area (Å²) < 4.78 is 17.5. The number of methoxy groups -OCH3 is 1. The van der Waals surface area contributed by atoms with Crippen LogP contribution in [0.2, 0.25) is 5.02 Å². The fourth-order valence-corrected chi connectivity index (χ4v) is 4.40. The van der Waals surface area contributed by atoms with Gasteiger partial charge in [-0.05, 0) is 42.4 Å². The van der Waals surface area contributed by atoms with E-state index in [-0.39, 0.29) is 17.4 Å². The van der Waals surface area contributed by atoms with Gasteiger partial charge in [0.2, 0.25) is 11.8 Å². The van der Waals surface area contributed by atoms with Crippen molar-refractivity contribution in [3.05, 3.63) is 70.9 Å². The van der Waals surface area contributed by atoms with Crippen LogP contribution < -0.4 is 15.2 Å². The molecule has 0 atom stereocenters. The summed E-state index contributed by atoms with van der Waals surface area (Å²) >= 11 is 6.39. The molecule has 1 aromatic heterocycles. The second-order valence-corrected chi connectivity index (χ2v) is 9.43. The smallest absolute Gasteiger partial charge is 0.254 e. The van der Waals surface area contributed by atoms with Gasteiger partial charge in [0.15, 0.2) is 11.5 Å². The number of hydrogen-bond acceptors (Lipinski definition) is 7. The van der Waals surface area contributed by atoms with E-state index >= 15 is 0 Å². The molecule has 2 N–H and O–H groups in total. The number of piperazine rings is 1. The molecule has 200 valence electrons. The molecule has 2 heterocycles. The van der Waals surface area contributed by atoms with Crippen molar-refractivity contribution in [2.24, 2.45) is 5.73 Å². The van der Waals surface area contributed by atoms with Crippen molar-refractivity contribution in [3.8, 4) is 28.5 Å². The summed E-state index contributed by atoms with van der Waals surface area (Å²) in [6.07, 6.45) is 1.86. The molecule has 3 aromatic rings. The Morgan fingerprint density at radius 2 is 1.87 bits per heavy atom. The number of amides is 2. The summed E-state index contributed by atoms with van der Waals surface area (Å²) in [7, 11) is 3.56. The first-order valence-electron chi connectivity index (χ1n) is 12.3. The zero-order valence-corrected chi connectivity index (χ0v) is 22.2. The number of hydrogen-bond donors (Lipinski definition) is 1. The quantitative estimate of drug-likeness (QED) is 0.389. The number of carbonyl (C=O) groups is 2. The Morgan fingerprint density at radius 3 is 2.61 bits per heavy atom. The van der Waals surface area contributed by atoms with E-state index in [0.29, 0.717) is 41.7 Å². The van der Waals surface area contributed by atoms with Crippen LogP contribution in [0.25, 0.3) is 11.1 Å². The molecule has 0 bridgehead atoms. The van der Waals surface area contributed by atoms with Gasteiger partial charge < -0.3 is 29.7 Å². The third-order valence-electron chi connectivity index (χ3n) is 6.30. The summed E-state index contributed by atoms with van der Waals surface area (Å²) in [5.41, 5.74) is 8.00. The molecule has 0 saturated carbocycles. The lowest BCUT2D eigenvalue weighted by atomic mass is 10.0. The van der Waals surface area contributed by atoms with Crippen molar-refractivity contribution in [3.63, 3.8) is 0 Å². The minimum atomic E-state index is -0.659. The first-order valence-corrected chi connectivity index (χ1v) is 12.7. The lowest BCUT2D eigenvalue weighted by Crippen LogP contribution is -2.47. The largest absolute Gasteiger partial charge is 0.493 e. The van der Waals surface area contributed by atoms with E-state index in [1.54, 1.807) is 24.3 Å². The summed E-state index contributed by atoms with van der Waals surface area (Å²) in [6, 6.07) is 14.2. The molecule has 38 heavy (non-hydrogen) atoms. The lowest BCUT2D eigenvalue weighted by Gasteiger charge is -2.32. The van der Waals surface area contributed by atoms with Crippen molar-refractivity contribution in [2.75, 3.05) is 46.9 Å². The molecule has 2 amide bonds. The summed E-state index contributed by atoms with van der Waals surface area (Å²) in [5, 5.41) is 0.449. The summed E-state index contributed by atoms with van der Waals surface area (Å²) in [4.78, 5) is 32.6. The molecule has 9 nitrogen and oxygen atoms in total. The number of aromatic nitrogens is 1. The molecule has 0 radical (unpaired) electrons. The molecular formula is C28H31ClN4O5. The Kier molecular flexibility index (Phi) is 9.17. The van der Waals surface area contributed by atoms with Gasteiger partial charge in [-0.3, -0.25) is 9.59 Å². The lowest BCUT2D eigenvalue weighted by molar-refractivity contribution is -0.134. The van der Waals surface area contributed by atoms with Gasteiger partial charge in [-0.1, -0.05) is 29.8 Å². The molecule has 1 aliphatic heterocycles. The molecule has 4 rings (SSSR count). The maximum atomic E-state index is 12.5. The third-order valence-corrected chi connectivity index (χ3v) is 6.52. The molecule has 1 aliphatic rings. The topological polar surface area (TPSA) is 107 Å². The predicted octanol–water partition coefficient (Wildman–Crippen LogP) is 3.98. The highest BCUT2D eigenvalue weighted by Crippen LogP contribution is 2.43. The summed E-state index contributed by atoms with van der Waals surface area (Å²) in [5.74, 6) is 0.232. The SMILES string of the molecule is COc1cc(Cl)cc(-c2cccc(COCCC(=O)N3CCN(C)CC3)c2)c1Oc1ncccc1C(N)=O. The van der Waals surface area contributed by atoms with Crippen LogP contribution in [0.4, 0.5) is 0 Å². The average Bonchev–Trinajstić information content (AvgIpc) is 2.92. The Balaban J connectivity index is 1.49. The van der Waals surface area contributed by atoms with Gasteiger partial charge in [0.1, 0.15) is 5.56 Å². The second-order valence-electron chi connectivity index (χ2n) is 8.99. The number of primary amides is 1. The van der Waals surface area contributed by atoms with Gasteiger partial charge in [-0.15, -0.1) is 0 Å². The number of ether oxygens (including phenoxy) is 3. The van der Waals surface area contributed by atoms with Crippen molar-refractivity contribution >= 4 is 23.4 Å². The van der Waals surface area contributed by atoms with Crippen LogP contribution >= 0.6 is 11.6 Å². The van der Waals surface area contributed by atoms with Crippen LogP contribution in [0.5, 0.6) is 17.4 Å². The van der Waals surface area contributed by atoms with Crippen LogP contribution in [0.15, 0.2) is 54.7 Å². The first kappa shape index (κ1) is 27.4. The molecule has 1 saturated heterocycles. The normalized spacial score (nSPS) is 13.8. The van der Waals surface area contributed by atoms with E-state index in [0.717, 1.165) is 37.3 Å². The van der Waals surface area contributed by atoms with Gasteiger partial charge in [0.05, 0.1) is 26.7 Å². The van der Waals surface area contributed by atoms with E-state index in [9.17, 15) is 9.59 Å². The number of benzene rings is 2. The third kappa shape index (κ3) is 6.80. The number of carbonyl (C=O) groups excluding carboxylic acids is 2. The van der Waals surface area contributed by atoms with Gasteiger partial charge >= 0.3 is 0 Å². The molecule has 1 fully saturated rings. The maximum absolute atomic E-state index is 12.5. The predicted molar refractivity (Wildman–Crippen MR) is 145 cm³/mol. The first-order chi connectivity index (χ1) is 18.4. The van der Waals surface area contributed by atoms with Gasteiger partial charge in [0, 0.05) is 49.0 Å². The number of likely N-dealkylation sites (N-methyl/N-ethyl adjacent to an activating group) is 1. The van der Waals surface area contributed by atoms with Gasteiger partial charge in [-0.25, -0.2) is 4.98 Å². The minimum absolute atomic E-state index is 0.0615. The van der Waals surface area contributed by atoms with Crippen LogP contribution in [0.3, 0.4) is 0 Å². The minimum Gasteiger partial charge on any atom is -0.493 e. The monoisotopic (exact) mass is 538 g/mol. The van der Waals surface area contributed by atoms with Gasteiger partial charge in [-0.2, -0.15) is 0 Å². The second kappa shape index (κ2) is 12.7. The van der Waals surface area contributed by atoms with E-state index in [4.69, 9.17) is 31.5 Å². The number of halogens is 1. The molecule has 10 heteroatoms. The van der Waals surface area contributed by atoms with E-state index in [1.165, 1.54) is 13.3 Å². The fourth-order valence-electron chi connectivity index (χ4n) is 4.19. The highest BCUT2D eigenvalue weighted by Gasteiger charge is 2.20. The number of nitrogens with zero attached hydrogens (tertiary/aromatic N) is 3. The standard InChI is InChI=1S/C28H31ClN4O5/c1-32-10-12-33(13-11-32)25(34)8-14-37-18-19-5-3-6-20(15-19)23-16-21(29)17-24(36-2)26(23)38-28-22(27(30)35)7-4-9-31-28/h3-7,9,15-17H,8,10-14,18H2,1-2H3,(H2,30,35). The van der Waals surface area contributed by atoms with Crippen molar-refractivity contribution in [1.29, 1.82) is 0 Å². The van der Waals surface area contributed by atoms with Crippen LogP contribution in [0.1, 0.15) is 22.3 Å². The Hall–Kier alpha value is -3.66. The Morgan fingerprint density at radius 1 is 1.08 bits per heavy atom. The maximum Gasteiger partial charge on any atom is 0.254 e. The molecule has 0 aliphatic carbocycles. The van der Waals surface area contributed by atoms with Crippen molar-refractivity contribution in [2.45, 2.75) is 13.0 Å². The number of pyridine rings is 1. The molecule has 2 aromatic carbocycles. The Labute approximate surface area is 227 Å². The number of nitrogens with two attached hydrogens (primary N) is 1. The molecule has 0 spiro atoms.